The fraction of sp³-hybridized carbons (Fsp3) is 0.286. The molecule has 1 amide bonds. The summed E-state index contributed by atoms with van der Waals surface area (Å²) in [5.74, 6) is -0.504. The van der Waals surface area contributed by atoms with Crippen LogP contribution in [0, 0.1) is 0 Å². The maximum atomic E-state index is 12.4. The zero-order chi connectivity index (χ0) is 21.3. The number of halogens is 2. The number of amides is 1. The van der Waals surface area contributed by atoms with Crippen molar-refractivity contribution in [2.24, 2.45) is 10.2 Å². The van der Waals surface area contributed by atoms with Gasteiger partial charge in [0.25, 0.3) is 5.91 Å². The Hall–Kier alpha value is -2.26. The molecule has 0 bridgehead atoms. The molecule has 1 fully saturated rings. The van der Waals surface area contributed by atoms with Crippen LogP contribution >= 0.6 is 27.5 Å². The number of hydrogen-bond acceptors (Lipinski definition) is 5. The first-order valence-electron chi connectivity index (χ1n) is 9.55. The van der Waals surface area contributed by atoms with Crippen LogP contribution < -0.4 is 0 Å². The van der Waals surface area contributed by atoms with E-state index in [0.717, 1.165) is 41.6 Å². The van der Waals surface area contributed by atoms with Crippen LogP contribution in [-0.2, 0) is 6.67 Å². The molecule has 0 saturated carbocycles. The Kier molecular flexibility index (Phi) is 6.19. The number of aromatic hydroxyl groups is 1. The van der Waals surface area contributed by atoms with E-state index in [1.165, 1.54) is 0 Å². The summed E-state index contributed by atoms with van der Waals surface area (Å²) in [5, 5.41) is 20.2. The molecule has 0 atom stereocenters. The van der Waals surface area contributed by atoms with Gasteiger partial charge in [0.1, 0.15) is 0 Å². The number of hydrogen-bond donors (Lipinski definition) is 1. The number of nitrogens with zero attached hydrogens (tertiary/aromatic N) is 5. The van der Waals surface area contributed by atoms with E-state index in [-0.39, 0.29) is 11.6 Å². The van der Waals surface area contributed by atoms with Gasteiger partial charge in [0.15, 0.2) is 5.69 Å². The maximum absolute atomic E-state index is 12.4. The third-order valence-corrected chi connectivity index (χ3v) is 5.99. The fourth-order valence-electron chi connectivity index (χ4n) is 3.47. The van der Waals surface area contributed by atoms with Crippen molar-refractivity contribution < 1.29 is 9.90 Å². The predicted molar refractivity (Wildman–Crippen MR) is 121 cm³/mol. The van der Waals surface area contributed by atoms with Gasteiger partial charge >= 0.3 is 0 Å². The normalized spacial score (nSPS) is 16.0. The van der Waals surface area contributed by atoms with Gasteiger partial charge in [0, 0.05) is 46.6 Å². The van der Waals surface area contributed by atoms with E-state index < -0.39 is 5.91 Å². The van der Waals surface area contributed by atoms with Gasteiger partial charge in [-0.2, -0.15) is 0 Å². The van der Waals surface area contributed by atoms with Gasteiger partial charge < -0.3 is 10.0 Å². The second kappa shape index (κ2) is 8.85. The van der Waals surface area contributed by atoms with E-state index >= 15 is 0 Å². The molecule has 0 spiro atoms. The third kappa shape index (κ3) is 4.41. The minimum atomic E-state index is -0.499. The van der Waals surface area contributed by atoms with Crippen LogP contribution in [0.25, 0.3) is 10.9 Å². The van der Waals surface area contributed by atoms with E-state index in [4.69, 9.17) is 11.6 Å². The molecule has 30 heavy (non-hydrogen) atoms. The van der Waals surface area contributed by atoms with Gasteiger partial charge in [0.2, 0.25) is 5.88 Å². The summed E-state index contributed by atoms with van der Waals surface area (Å²) < 4.78 is 2.67. The van der Waals surface area contributed by atoms with Crippen LogP contribution in [0.15, 0.2) is 57.2 Å². The molecule has 7 nitrogen and oxygen atoms in total. The van der Waals surface area contributed by atoms with E-state index in [0.29, 0.717) is 17.3 Å². The first-order chi connectivity index (χ1) is 14.4. The highest BCUT2D eigenvalue weighted by Gasteiger charge is 2.21. The highest BCUT2D eigenvalue weighted by atomic mass is 79.9. The summed E-state index contributed by atoms with van der Waals surface area (Å²) >= 11 is 9.34. The molecule has 1 aromatic heterocycles. The average molecular weight is 491 g/mol. The first-order valence-corrected chi connectivity index (χ1v) is 10.7. The molecule has 2 heterocycles. The Balaban J connectivity index is 1.67. The van der Waals surface area contributed by atoms with Crippen molar-refractivity contribution in [1.82, 2.24) is 14.4 Å². The molecule has 1 aliphatic heterocycles. The zero-order valence-corrected chi connectivity index (χ0v) is 18.8. The lowest BCUT2D eigenvalue weighted by molar-refractivity contribution is 0.0995. The van der Waals surface area contributed by atoms with Crippen molar-refractivity contribution in [1.29, 1.82) is 0 Å². The van der Waals surface area contributed by atoms with E-state index in [9.17, 15) is 9.90 Å². The Labute approximate surface area is 187 Å². The molecule has 0 radical (unpaired) electrons. The minimum Gasteiger partial charge on any atom is -0.493 e. The number of fused-ring (bicyclic) bond motifs is 1. The number of likely N-dealkylation sites (N-methyl/N-ethyl adjacent to an activating group) is 1. The lowest BCUT2D eigenvalue weighted by atomic mass is 10.2. The summed E-state index contributed by atoms with van der Waals surface area (Å²) in [6, 6.07) is 12.2. The largest absolute Gasteiger partial charge is 0.493 e. The highest BCUT2D eigenvalue weighted by molar-refractivity contribution is 9.10. The minimum absolute atomic E-state index is 0.00492. The summed E-state index contributed by atoms with van der Waals surface area (Å²) in [7, 11) is 2.10. The van der Waals surface area contributed by atoms with Gasteiger partial charge in [-0.25, -0.2) is 0 Å². The lowest BCUT2D eigenvalue weighted by Gasteiger charge is -2.32. The fourth-order valence-corrected chi connectivity index (χ4v) is 3.96. The van der Waals surface area contributed by atoms with Gasteiger partial charge in [-0.05, 0) is 49.5 Å². The molecule has 156 valence electrons. The van der Waals surface area contributed by atoms with Crippen LogP contribution in [0.4, 0.5) is 5.69 Å². The van der Waals surface area contributed by atoms with Gasteiger partial charge in [0.05, 0.1) is 12.2 Å². The Morgan fingerprint density at radius 2 is 1.83 bits per heavy atom. The van der Waals surface area contributed by atoms with Crippen LogP contribution in [0.1, 0.15) is 10.4 Å². The number of carbonyl (C=O) groups excluding carboxylic acids is 1. The van der Waals surface area contributed by atoms with Crippen LogP contribution in [0.2, 0.25) is 5.02 Å². The highest BCUT2D eigenvalue weighted by Crippen LogP contribution is 2.40. The summed E-state index contributed by atoms with van der Waals surface area (Å²) in [6.45, 7) is 4.33. The molecule has 1 aliphatic rings. The van der Waals surface area contributed by atoms with Crippen molar-refractivity contribution >= 4 is 50.0 Å². The zero-order valence-electron chi connectivity index (χ0n) is 16.4. The predicted octanol–water partition coefficient (Wildman–Crippen LogP) is 4.89. The van der Waals surface area contributed by atoms with Crippen molar-refractivity contribution in [3.05, 3.63) is 57.5 Å². The molecule has 0 aliphatic carbocycles. The SMILES string of the molecule is CN1CCN(Cn2c(O)c(N=NC(=O)c3ccc(Cl)cc3)c3cc(Br)ccc32)CC1. The van der Waals surface area contributed by atoms with Crippen LogP contribution in [0.5, 0.6) is 5.88 Å². The molecule has 0 unspecified atom stereocenters. The van der Waals surface area contributed by atoms with Gasteiger partial charge in [-0.3, -0.25) is 14.3 Å². The van der Waals surface area contributed by atoms with Gasteiger partial charge in [-0.15, -0.1) is 10.2 Å². The van der Waals surface area contributed by atoms with Crippen LogP contribution in [0.3, 0.4) is 0 Å². The molecular formula is C21H21BrClN5O2. The molecule has 9 heteroatoms. The second-order valence-corrected chi connectivity index (χ2v) is 8.69. The van der Waals surface area contributed by atoms with Crippen LogP contribution in [-0.4, -0.2) is 58.6 Å². The number of azo groups is 1. The third-order valence-electron chi connectivity index (χ3n) is 5.24. The Morgan fingerprint density at radius 1 is 1.13 bits per heavy atom. The summed E-state index contributed by atoms with van der Waals surface area (Å²) in [6.07, 6.45) is 0. The standard InChI is InChI=1S/C21H21BrClN5O2/c1-26-8-10-27(11-9-26)13-28-18-7-4-15(22)12-17(18)19(21(28)30)24-25-20(29)14-2-5-16(23)6-3-14/h2-7,12,30H,8-11,13H2,1H3. The number of benzene rings is 2. The van der Waals surface area contributed by atoms with Crippen molar-refractivity contribution in [2.45, 2.75) is 6.67 Å². The Morgan fingerprint density at radius 3 is 2.53 bits per heavy atom. The van der Waals surface area contributed by atoms with E-state index in [1.807, 2.05) is 22.8 Å². The summed E-state index contributed by atoms with van der Waals surface area (Å²) in [4.78, 5) is 16.9. The Bertz CT molecular complexity index is 1100. The lowest BCUT2D eigenvalue weighted by Crippen LogP contribution is -2.44. The first kappa shape index (κ1) is 21.0. The number of piperazine rings is 1. The van der Waals surface area contributed by atoms with Gasteiger partial charge in [-0.1, -0.05) is 27.5 Å². The number of rotatable bonds is 4. The smallest absolute Gasteiger partial charge is 0.295 e. The molecule has 4 rings (SSSR count). The quantitative estimate of drug-likeness (QED) is 0.528. The van der Waals surface area contributed by atoms with Crippen molar-refractivity contribution in [3.8, 4) is 5.88 Å². The monoisotopic (exact) mass is 489 g/mol. The number of aromatic nitrogens is 1. The number of carbonyl (C=O) groups is 1. The average Bonchev–Trinajstić information content (AvgIpc) is 2.98. The summed E-state index contributed by atoms with van der Waals surface area (Å²) in [5.41, 5.74) is 1.50. The second-order valence-electron chi connectivity index (χ2n) is 7.34. The van der Waals surface area contributed by atoms with E-state index in [1.54, 1.807) is 24.3 Å². The maximum Gasteiger partial charge on any atom is 0.295 e. The topological polar surface area (TPSA) is 73.4 Å². The van der Waals surface area contributed by atoms with E-state index in [2.05, 4.69) is 43.0 Å². The van der Waals surface area contributed by atoms with Crippen molar-refractivity contribution in [2.75, 3.05) is 33.2 Å². The molecular weight excluding hydrogens is 470 g/mol. The molecule has 1 N–H and O–H groups in total. The molecule has 2 aromatic carbocycles. The van der Waals surface area contributed by atoms with Crippen molar-refractivity contribution in [3.63, 3.8) is 0 Å². The molecule has 3 aromatic rings. The molecule has 1 saturated heterocycles.